The Hall–Kier alpha value is -1.39. The van der Waals surface area contributed by atoms with Crippen LogP contribution in [0, 0.1) is 5.92 Å². The molecule has 3 rings (SSSR count). The van der Waals surface area contributed by atoms with Crippen LogP contribution in [0.15, 0.2) is 24.3 Å². The van der Waals surface area contributed by atoms with Crippen LogP contribution in [0.4, 0.5) is 0 Å². The van der Waals surface area contributed by atoms with Gasteiger partial charge in [0.15, 0.2) is 0 Å². The molecule has 1 atom stereocenters. The van der Waals surface area contributed by atoms with Crippen molar-refractivity contribution in [3.05, 3.63) is 35.4 Å². The number of carbonyl (C=O) groups excluding carboxylic acids is 1. The fraction of sp³-hybridized carbons (Fsp3) is 0.682. The van der Waals surface area contributed by atoms with E-state index in [4.69, 9.17) is 0 Å². The van der Waals surface area contributed by atoms with Crippen molar-refractivity contribution in [2.45, 2.75) is 70.5 Å². The molecule has 2 aliphatic rings. The molecular formula is C22H35N3O. The third-order valence-corrected chi connectivity index (χ3v) is 6.15. The molecule has 144 valence electrons. The number of rotatable bonds is 8. The molecule has 0 spiro atoms. The monoisotopic (exact) mass is 357 g/mol. The normalized spacial score (nSPS) is 21.2. The summed E-state index contributed by atoms with van der Waals surface area (Å²) in [6.45, 7) is 3.80. The minimum absolute atomic E-state index is 0.187. The van der Waals surface area contributed by atoms with E-state index in [1.54, 1.807) is 0 Å². The first kappa shape index (κ1) is 19.4. The quantitative estimate of drug-likeness (QED) is 0.749. The third kappa shape index (κ3) is 5.82. The number of amides is 1. The lowest BCUT2D eigenvalue weighted by atomic mass is 9.94. The summed E-state index contributed by atoms with van der Waals surface area (Å²) < 4.78 is 0. The van der Waals surface area contributed by atoms with Crippen LogP contribution in [0.3, 0.4) is 0 Å². The first-order valence-corrected chi connectivity index (χ1v) is 10.5. The maximum absolute atomic E-state index is 12.2. The van der Waals surface area contributed by atoms with Crippen LogP contribution in [0.25, 0.3) is 0 Å². The van der Waals surface area contributed by atoms with Crippen LogP contribution < -0.4 is 10.6 Å². The van der Waals surface area contributed by atoms with E-state index in [1.165, 1.54) is 49.7 Å². The van der Waals surface area contributed by atoms with E-state index in [2.05, 4.69) is 46.8 Å². The first-order chi connectivity index (χ1) is 12.7. The maximum atomic E-state index is 12.2. The highest BCUT2D eigenvalue weighted by Gasteiger charge is 2.19. The fourth-order valence-corrected chi connectivity index (χ4v) is 4.38. The highest BCUT2D eigenvalue weighted by Crippen LogP contribution is 2.23. The summed E-state index contributed by atoms with van der Waals surface area (Å²) in [5.74, 6) is 0.865. The van der Waals surface area contributed by atoms with Crippen molar-refractivity contribution in [2.24, 2.45) is 5.92 Å². The molecule has 4 nitrogen and oxygen atoms in total. The highest BCUT2D eigenvalue weighted by atomic mass is 16.1. The van der Waals surface area contributed by atoms with Crippen molar-refractivity contribution < 1.29 is 4.79 Å². The minimum Gasteiger partial charge on any atom is -0.352 e. The first-order valence-electron chi connectivity index (χ1n) is 10.5. The lowest BCUT2D eigenvalue weighted by molar-refractivity contribution is -0.121. The molecular weight excluding hydrogens is 322 g/mol. The predicted molar refractivity (Wildman–Crippen MR) is 107 cm³/mol. The van der Waals surface area contributed by atoms with Gasteiger partial charge in [0.05, 0.1) is 0 Å². The number of nitrogens with zero attached hydrogens (tertiary/aromatic N) is 1. The van der Waals surface area contributed by atoms with E-state index in [-0.39, 0.29) is 5.91 Å². The molecule has 0 aromatic heterocycles. The molecule has 1 saturated heterocycles. The smallest absolute Gasteiger partial charge is 0.220 e. The lowest BCUT2D eigenvalue weighted by Crippen LogP contribution is -2.33. The summed E-state index contributed by atoms with van der Waals surface area (Å²) in [7, 11) is 2.25. The van der Waals surface area contributed by atoms with Gasteiger partial charge in [-0.2, -0.15) is 0 Å². The van der Waals surface area contributed by atoms with Gasteiger partial charge in [0.2, 0.25) is 5.91 Å². The molecule has 2 N–H and O–H groups in total. The zero-order valence-electron chi connectivity index (χ0n) is 16.3. The SMILES string of the molecule is CN(Cc1ccccc1CNC(=O)CCC1CCNC1)C1CCCCC1. The van der Waals surface area contributed by atoms with Crippen LogP contribution >= 0.6 is 0 Å². The van der Waals surface area contributed by atoms with Crippen molar-refractivity contribution >= 4 is 5.91 Å². The number of nitrogens with one attached hydrogen (secondary N) is 2. The van der Waals surface area contributed by atoms with Gasteiger partial charge in [-0.15, -0.1) is 0 Å². The molecule has 26 heavy (non-hydrogen) atoms. The van der Waals surface area contributed by atoms with Crippen LogP contribution in [0.2, 0.25) is 0 Å². The zero-order chi connectivity index (χ0) is 18.2. The zero-order valence-corrected chi connectivity index (χ0v) is 16.3. The molecule has 0 bridgehead atoms. The molecule has 2 fully saturated rings. The lowest BCUT2D eigenvalue weighted by Gasteiger charge is -2.31. The van der Waals surface area contributed by atoms with Crippen LogP contribution in [-0.4, -0.2) is 37.0 Å². The summed E-state index contributed by atoms with van der Waals surface area (Å²) >= 11 is 0. The summed E-state index contributed by atoms with van der Waals surface area (Å²) in [4.78, 5) is 14.7. The van der Waals surface area contributed by atoms with E-state index in [0.717, 1.165) is 26.1 Å². The van der Waals surface area contributed by atoms with E-state index in [9.17, 15) is 4.79 Å². The predicted octanol–water partition coefficient (Wildman–Crippen LogP) is 3.46. The molecule has 1 aromatic rings. The minimum atomic E-state index is 0.187. The third-order valence-electron chi connectivity index (χ3n) is 6.15. The van der Waals surface area contributed by atoms with Crippen molar-refractivity contribution in [3.8, 4) is 0 Å². The Morgan fingerprint density at radius 2 is 1.92 bits per heavy atom. The Balaban J connectivity index is 1.47. The summed E-state index contributed by atoms with van der Waals surface area (Å²) in [6.07, 6.45) is 9.64. The molecule has 4 heteroatoms. The number of hydrogen-bond acceptors (Lipinski definition) is 3. The van der Waals surface area contributed by atoms with E-state index >= 15 is 0 Å². The summed E-state index contributed by atoms with van der Waals surface area (Å²) in [6, 6.07) is 9.28. The van der Waals surface area contributed by atoms with Crippen molar-refractivity contribution in [1.82, 2.24) is 15.5 Å². The second-order valence-corrected chi connectivity index (χ2v) is 8.15. The Kier molecular flexibility index (Phi) is 7.51. The molecule has 1 amide bonds. The molecule has 0 radical (unpaired) electrons. The standard InChI is InChI=1S/C22H35N3O/c1-25(21-9-3-2-4-10-21)17-20-8-6-5-7-19(20)16-24-22(26)12-11-18-13-14-23-15-18/h5-8,18,21,23H,2-4,9-17H2,1H3,(H,24,26). The van der Waals surface area contributed by atoms with Crippen LogP contribution in [0.1, 0.15) is 62.5 Å². The Bertz CT molecular complexity index is 562. The molecule has 1 aromatic carbocycles. The number of hydrogen-bond donors (Lipinski definition) is 2. The van der Waals surface area contributed by atoms with Gasteiger partial charge in [0.25, 0.3) is 0 Å². The Labute approximate surface area is 158 Å². The van der Waals surface area contributed by atoms with E-state index in [0.29, 0.717) is 24.9 Å². The van der Waals surface area contributed by atoms with Gasteiger partial charge in [0, 0.05) is 25.6 Å². The van der Waals surface area contributed by atoms with Gasteiger partial charge in [-0.25, -0.2) is 0 Å². The molecule has 1 saturated carbocycles. The largest absolute Gasteiger partial charge is 0.352 e. The molecule has 1 unspecified atom stereocenters. The topological polar surface area (TPSA) is 44.4 Å². The number of carbonyl (C=O) groups is 1. The van der Waals surface area contributed by atoms with Gasteiger partial charge in [0.1, 0.15) is 0 Å². The van der Waals surface area contributed by atoms with Crippen molar-refractivity contribution in [2.75, 3.05) is 20.1 Å². The van der Waals surface area contributed by atoms with Crippen molar-refractivity contribution in [1.29, 1.82) is 0 Å². The van der Waals surface area contributed by atoms with Gasteiger partial charge >= 0.3 is 0 Å². The van der Waals surface area contributed by atoms with E-state index in [1.807, 2.05) is 0 Å². The Morgan fingerprint density at radius 1 is 1.15 bits per heavy atom. The second kappa shape index (κ2) is 10.1. The number of benzene rings is 1. The van der Waals surface area contributed by atoms with E-state index < -0.39 is 0 Å². The molecule has 1 aliphatic carbocycles. The highest BCUT2D eigenvalue weighted by molar-refractivity contribution is 5.75. The molecule has 1 aliphatic heterocycles. The second-order valence-electron chi connectivity index (χ2n) is 8.15. The molecule has 1 heterocycles. The Morgan fingerprint density at radius 3 is 2.65 bits per heavy atom. The van der Waals surface area contributed by atoms with Gasteiger partial charge in [-0.1, -0.05) is 43.5 Å². The van der Waals surface area contributed by atoms with Gasteiger partial charge in [-0.05, 0) is 62.9 Å². The van der Waals surface area contributed by atoms with Gasteiger partial charge in [-0.3, -0.25) is 9.69 Å². The summed E-state index contributed by atoms with van der Waals surface area (Å²) in [5, 5.41) is 6.51. The van der Waals surface area contributed by atoms with Crippen molar-refractivity contribution in [3.63, 3.8) is 0 Å². The maximum Gasteiger partial charge on any atom is 0.220 e. The average molecular weight is 358 g/mol. The van der Waals surface area contributed by atoms with Crippen LogP contribution in [0.5, 0.6) is 0 Å². The van der Waals surface area contributed by atoms with Crippen LogP contribution in [-0.2, 0) is 17.9 Å². The van der Waals surface area contributed by atoms with Gasteiger partial charge < -0.3 is 10.6 Å². The average Bonchev–Trinajstić information content (AvgIpc) is 3.20. The summed E-state index contributed by atoms with van der Waals surface area (Å²) in [5.41, 5.74) is 2.60. The fourth-order valence-electron chi connectivity index (χ4n) is 4.38.